The minimum absolute atomic E-state index is 0. The third kappa shape index (κ3) is 4.15. The number of hydrogen-bond donors (Lipinski definition) is 2. The molecule has 0 aliphatic rings. The van der Waals surface area contributed by atoms with Crippen LogP contribution in [0.25, 0.3) is 0 Å². The highest BCUT2D eigenvalue weighted by atomic mass is 35.5. The lowest BCUT2D eigenvalue weighted by atomic mass is 9.94. The number of unbranched alkanes of at least 4 members (excludes halogenated alkanes) is 1. The van der Waals surface area contributed by atoms with Gasteiger partial charge in [0.1, 0.15) is 5.54 Å². The summed E-state index contributed by atoms with van der Waals surface area (Å²) in [5, 5.41) is 8.50. The van der Waals surface area contributed by atoms with Gasteiger partial charge >= 0.3 is 6.18 Å². The molecule has 0 bridgehead atoms. The van der Waals surface area contributed by atoms with E-state index in [1.165, 1.54) is 0 Å². The lowest BCUT2D eigenvalue weighted by Crippen LogP contribution is -2.56. The van der Waals surface area contributed by atoms with Crippen molar-refractivity contribution in [2.75, 3.05) is 6.61 Å². The van der Waals surface area contributed by atoms with Gasteiger partial charge in [-0.1, -0.05) is 19.8 Å². The van der Waals surface area contributed by atoms with Crippen LogP contribution in [0.2, 0.25) is 0 Å². The van der Waals surface area contributed by atoms with Crippen molar-refractivity contribution in [1.29, 1.82) is 0 Å². The second-order valence-electron chi connectivity index (χ2n) is 2.92. The summed E-state index contributed by atoms with van der Waals surface area (Å²) in [4.78, 5) is 0. The first-order valence-electron chi connectivity index (χ1n) is 3.84. The molecule has 0 amide bonds. The van der Waals surface area contributed by atoms with Crippen LogP contribution in [-0.2, 0) is 0 Å². The first kappa shape index (κ1) is 15.5. The van der Waals surface area contributed by atoms with E-state index in [0.29, 0.717) is 12.8 Å². The smallest absolute Gasteiger partial charge is 0.394 e. The van der Waals surface area contributed by atoms with Crippen LogP contribution in [0.3, 0.4) is 0 Å². The fraction of sp³-hybridized carbons (Fsp3) is 1.00. The zero-order valence-corrected chi connectivity index (χ0v) is 8.21. The molecule has 0 aromatic heterocycles. The SMILES string of the molecule is CCCCC(N)(CO)C(F)(F)F.Cl. The van der Waals surface area contributed by atoms with E-state index in [2.05, 4.69) is 0 Å². The molecule has 0 radical (unpaired) electrons. The van der Waals surface area contributed by atoms with Crippen molar-refractivity contribution < 1.29 is 18.3 Å². The number of hydrogen-bond acceptors (Lipinski definition) is 2. The molecule has 0 fully saturated rings. The van der Waals surface area contributed by atoms with Crippen LogP contribution in [0.5, 0.6) is 0 Å². The molecule has 0 aromatic carbocycles. The molecule has 3 N–H and O–H groups in total. The van der Waals surface area contributed by atoms with Crippen molar-refractivity contribution in [3.8, 4) is 0 Å². The minimum Gasteiger partial charge on any atom is -0.394 e. The Kier molecular flexibility index (Phi) is 6.75. The summed E-state index contributed by atoms with van der Waals surface area (Å²) in [5.41, 5.74) is 2.57. The van der Waals surface area contributed by atoms with Gasteiger partial charge in [-0.05, 0) is 6.42 Å². The summed E-state index contributed by atoms with van der Waals surface area (Å²) < 4.78 is 36.4. The number of aliphatic hydroxyl groups is 1. The van der Waals surface area contributed by atoms with Crippen molar-refractivity contribution in [1.82, 2.24) is 0 Å². The standard InChI is InChI=1S/C7H14F3NO.ClH/c1-2-3-4-6(11,5-12)7(8,9)10;/h12H,2-5,11H2,1H3;1H. The molecular weight excluding hydrogens is 207 g/mol. The molecule has 1 atom stereocenters. The maximum Gasteiger partial charge on any atom is 0.408 e. The van der Waals surface area contributed by atoms with Crippen molar-refractivity contribution in [3.05, 3.63) is 0 Å². The molecule has 0 heterocycles. The Morgan fingerprint density at radius 3 is 2.00 bits per heavy atom. The maximum atomic E-state index is 12.1. The Bertz CT molecular complexity index is 142. The second kappa shape index (κ2) is 5.67. The number of alkyl halides is 3. The monoisotopic (exact) mass is 221 g/mol. The van der Waals surface area contributed by atoms with Gasteiger partial charge in [-0.2, -0.15) is 13.2 Å². The average molecular weight is 222 g/mol. The Balaban J connectivity index is 0. The van der Waals surface area contributed by atoms with Crippen LogP contribution in [0.1, 0.15) is 26.2 Å². The minimum atomic E-state index is -4.52. The fourth-order valence-electron chi connectivity index (χ4n) is 0.803. The number of halogens is 4. The normalized spacial score (nSPS) is 16.2. The Labute approximate surface area is 81.7 Å². The summed E-state index contributed by atoms with van der Waals surface area (Å²) >= 11 is 0. The topological polar surface area (TPSA) is 46.2 Å². The predicted octanol–water partition coefficient (Wildman–Crippen LogP) is 1.85. The zero-order valence-electron chi connectivity index (χ0n) is 7.40. The lowest BCUT2D eigenvalue weighted by molar-refractivity contribution is -0.197. The molecule has 0 rings (SSSR count). The number of nitrogens with two attached hydrogens (primary N) is 1. The van der Waals surface area contributed by atoms with Gasteiger partial charge < -0.3 is 10.8 Å². The van der Waals surface area contributed by atoms with E-state index in [-0.39, 0.29) is 18.8 Å². The summed E-state index contributed by atoms with van der Waals surface area (Å²) in [6, 6.07) is 0. The third-order valence-corrected chi connectivity index (χ3v) is 1.82. The summed E-state index contributed by atoms with van der Waals surface area (Å²) in [6.45, 7) is 0.727. The first-order chi connectivity index (χ1) is 5.37. The van der Waals surface area contributed by atoms with Gasteiger partial charge in [-0.25, -0.2) is 0 Å². The number of aliphatic hydroxyl groups excluding tert-OH is 1. The zero-order chi connectivity index (χ0) is 9.83. The molecule has 2 nitrogen and oxygen atoms in total. The summed E-state index contributed by atoms with van der Waals surface area (Å²) in [6.07, 6.45) is -3.73. The second-order valence-corrected chi connectivity index (χ2v) is 2.92. The first-order valence-corrected chi connectivity index (χ1v) is 3.84. The van der Waals surface area contributed by atoms with Crippen LogP contribution >= 0.6 is 12.4 Å². The van der Waals surface area contributed by atoms with E-state index in [1.54, 1.807) is 6.92 Å². The predicted molar refractivity (Wildman–Crippen MR) is 46.8 cm³/mol. The van der Waals surface area contributed by atoms with Crippen molar-refractivity contribution in [3.63, 3.8) is 0 Å². The highest BCUT2D eigenvalue weighted by molar-refractivity contribution is 5.85. The Morgan fingerprint density at radius 1 is 1.31 bits per heavy atom. The van der Waals surface area contributed by atoms with Gasteiger partial charge in [0.2, 0.25) is 0 Å². The van der Waals surface area contributed by atoms with E-state index in [1.807, 2.05) is 0 Å². The summed E-state index contributed by atoms with van der Waals surface area (Å²) in [7, 11) is 0. The quantitative estimate of drug-likeness (QED) is 0.761. The maximum absolute atomic E-state index is 12.1. The largest absolute Gasteiger partial charge is 0.408 e. The molecule has 0 saturated carbocycles. The molecule has 6 heteroatoms. The van der Waals surface area contributed by atoms with Crippen LogP contribution in [0.4, 0.5) is 13.2 Å². The van der Waals surface area contributed by atoms with E-state index in [9.17, 15) is 13.2 Å². The number of rotatable bonds is 4. The van der Waals surface area contributed by atoms with Crippen LogP contribution < -0.4 is 5.73 Å². The lowest BCUT2D eigenvalue weighted by Gasteiger charge is -2.29. The van der Waals surface area contributed by atoms with Crippen molar-refractivity contribution in [2.45, 2.75) is 37.9 Å². The molecule has 0 spiro atoms. The highest BCUT2D eigenvalue weighted by Gasteiger charge is 2.50. The molecule has 0 saturated heterocycles. The molecule has 82 valence electrons. The third-order valence-electron chi connectivity index (χ3n) is 1.82. The van der Waals surface area contributed by atoms with Gasteiger partial charge in [0.25, 0.3) is 0 Å². The van der Waals surface area contributed by atoms with Crippen molar-refractivity contribution in [2.24, 2.45) is 5.73 Å². The molecule has 1 unspecified atom stereocenters. The summed E-state index contributed by atoms with van der Waals surface area (Å²) in [5.74, 6) is 0. The van der Waals surface area contributed by atoms with E-state index in [0.717, 1.165) is 0 Å². The molecule has 13 heavy (non-hydrogen) atoms. The molecule has 0 aliphatic heterocycles. The van der Waals surface area contributed by atoms with Crippen LogP contribution in [0, 0.1) is 0 Å². The Hall–Kier alpha value is -0.0000000000000000555. The van der Waals surface area contributed by atoms with E-state index in [4.69, 9.17) is 10.8 Å². The van der Waals surface area contributed by atoms with Crippen molar-refractivity contribution >= 4 is 12.4 Å². The fourth-order valence-corrected chi connectivity index (χ4v) is 0.803. The van der Waals surface area contributed by atoms with Crippen LogP contribution in [-0.4, -0.2) is 23.4 Å². The van der Waals surface area contributed by atoms with Crippen LogP contribution in [0.15, 0.2) is 0 Å². The average Bonchev–Trinajstić information content (AvgIpc) is 1.98. The van der Waals surface area contributed by atoms with Gasteiger partial charge in [0, 0.05) is 0 Å². The molecule has 0 aromatic rings. The highest BCUT2D eigenvalue weighted by Crippen LogP contribution is 2.31. The van der Waals surface area contributed by atoms with Gasteiger partial charge in [0.15, 0.2) is 0 Å². The Morgan fingerprint density at radius 2 is 1.77 bits per heavy atom. The van der Waals surface area contributed by atoms with Gasteiger partial charge in [-0.3, -0.25) is 0 Å². The van der Waals surface area contributed by atoms with E-state index >= 15 is 0 Å². The van der Waals surface area contributed by atoms with Gasteiger partial charge in [-0.15, -0.1) is 12.4 Å². The molecular formula is C7H15ClF3NO. The van der Waals surface area contributed by atoms with E-state index < -0.39 is 18.3 Å². The molecule has 0 aliphatic carbocycles. The van der Waals surface area contributed by atoms with Gasteiger partial charge in [0.05, 0.1) is 6.61 Å².